The third-order valence-corrected chi connectivity index (χ3v) is 6.15. The van der Waals surface area contributed by atoms with E-state index in [-0.39, 0.29) is 17.9 Å². The van der Waals surface area contributed by atoms with Gasteiger partial charge in [-0.3, -0.25) is 0 Å². The lowest BCUT2D eigenvalue weighted by molar-refractivity contribution is -0.170. The van der Waals surface area contributed by atoms with Crippen molar-refractivity contribution in [3.8, 4) is 0 Å². The Labute approximate surface area is 149 Å². The van der Waals surface area contributed by atoms with Gasteiger partial charge in [0.2, 0.25) is 0 Å². The van der Waals surface area contributed by atoms with Crippen LogP contribution in [0.5, 0.6) is 0 Å². The Balaban J connectivity index is 1.89. The van der Waals surface area contributed by atoms with Crippen molar-refractivity contribution in [1.29, 1.82) is 0 Å². The van der Waals surface area contributed by atoms with Crippen molar-refractivity contribution < 1.29 is 30.0 Å². The van der Waals surface area contributed by atoms with E-state index in [9.17, 15) is 20.1 Å². The highest BCUT2D eigenvalue weighted by molar-refractivity contribution is 5.80. The molecule has 0 aromatic carbocycles. The average molecular weight is 356 g/mol. The molecule has 2 rings (SSSR count). The Morgan fingerprint density at radius 1 is 1.20 bits per heavy atom. The molecule has 0 radical (unpaired) electrons. The number of carboxylic acid groups (broad SMARTS) is 1. The normalized spacial score (nSPS) is 38.7. The third kappa shape index (κ3) is 5.03. The number of aliphatic carboxylic acids is 1. The maximum Gasteiger partial charge on any atom is 0.328 e. The van der Waals surface area contributed by atoms with E-state index in [1.54, 1.807) is 6.92 Å². The summed E-state index contributed by atoms with van der Waals surface area (Å²) in [4.78, 5) is 10.7. The van der Waals surface area contributed by atoms with Crippen LogP contribution in [-0.2, 0) is 9.53 Å². The number of carboxylic acids is 1. The van der Waals surface area contributed by atoms with Gasteiger partial charge in [-0.25, -0.2) is 4.79 Å². The number of hydrogen-bond acceptors (Lipinski definition) is 5. The van der Waals surface area contributed by atoms with Crippen molar-refractivity contribution in [3.05, 3.63) is 11.6 Å². The van der Waals surface area contributed by atoms with Crippen molar-refractivity contribution in [3.63, 3.8) is 0 Å². The van der Waals surface area contributed by atoms with Gasteiger partial charge in [0.05, 0.1) is 24.9 Å². The van der Waals surface area contributed by atoms with E-state index in [0.717, 1.165) is 25.3 Å². The smallest absolute Gasteiger partial charge is 0.328 e. The van der Waals surface area contributed by atoms with Crippen LogP contribution in [0.4, 0.5) is 0 Å². The molecule has 6 heteroatoms. The Morgan fingerprint density at radius 3 is 2.40 bits per heavy atom. The highest BCUT2D eigenvalue weighted by atomic mass is 16.5. The van der Waals surface area contributed by atoms with E-state index in [1.165, 1.54) is 0 Å². The maximum atomic E-state index is 10.7. The van der Waals surface area contributed by atoms with Gasteiger partial charge >= 0.3 is 5.97 Å². The van der Waals surface area contributed by atoms with Crippen LogP contribution in [0.1, 0.15) is 46.5 Å². The Morgan fingerprint density at radius 2 is 1.88 bits per heavy atom. The summed E-state index contributed by atoms with van der Waals surface area (Å²) in [6, 6.07) is 0. The van der Waals surface area contributed by atoms with E-state index >= 15 is 0 Å². The minimum absolute atomic E-state index is 0.121. The molecule has 2 aliphatic rings. The van der Waals surface area contributed by atoms with Gasteiger partial charge in [-0.15, -0.1) is 0 Å². The van der Waals surface area contributed by atoms with Crippen LogP contribution in [0.25, 0.3) is 0 Å². The van der Waals surface area contributed by atoms with Gasteiger partial charge < -0.3 is 25.2 Å². The average Bonchev–Trinajstić information content (AvgIpc) is 2.49. The Kier molecular flexibility index (Phi) is 7.02. The predicted molar refractivity (Wildman–Crippen MR) is 92.9 cm³/mol. The van der Waals surface area contributed by atoms with Crippen LogP contribution in [0.15, 0.2) is 11.6 Å². The molecule has 1 aliphatic carbocycles. The Bertz CT molecular complexity index is 488. The van der Waals surface area contributed by atoms with Crippen LogP contribution in [0.2, 0.25) is 0 Å². The number of aliphatic hydroxyl groups is 3. The molecular formula is C19H32O6. The second-order valence-electron chi connectivity index (χ2n) is 7.98. The predicted octanol–water partition coefficient (Wildman–Crippen LogP) is 1.58. The Hall–Kier alpha value is -0.950. The molecule has 1 saturated heterocycles. The zero-order valence-electron chi connectivity index (χ0n) is 15.3. The van der Waals surface area contributed by atoms with Gasteiger partial charge in [0.25, 0.3) is 0 Å². The number of carbonyl (C=O) groups is 1. The SMILES string of the molecule is C/C(=C\C(=O)O)C[C@@H]1OC[C@H](C[C@@H]2CC[C@H]2[C@@H](C)[C@H](C)O)[C@@H](O)[C@H]1O. The van der Waals surface area contributed by atoms with Crippen molar-refractivity contribution >= 4 is 5.97 Å². The molecule has 2 fully saturated rings. The maximum absolute atomic E-state index is 10.7. The summed E-state index contributed by atoms with van der Waals surface area (Å²) in [5.74, 6) is 0.00317. The first-order chi connectivity index (χ1) is 11.7. The van der Waals surface area contributed by atoms with Crippen LogP contribution in [-0.4, -0.2) is 57.4 Å². The quantitative estimate of drug-likeness (QED) is 0.516. The number of hydrogen-bond donors (Lipinski definition) is 4. The molecule has 4 N–H and O–H groups in total. The molecule has 8 atom stereocenters. The van der Waals surface area contributed by atoms with Gasteiger partial charge in [0.15, 0.2) is 0 Å². The first-order valence-corrected chi connectivity index (χ1v) is 9.26. The van der Waals surface area contributed by atoms with Crippen LogP contribution in [0.3, 0.4) is 0 Å². The van der Waals surface area contributed by atoms with E-state index in [1.807, 2.05) is 6.92 Å². The minimum Gasteiger partial charge on any atom is -0.478 e. The van der Waals surface area contributed by atoms with Gasteiger partial charge in [0, 0.05) is 12.0 Å². The second-order valence-corrected chi connectivity index (χ2v) is 7.98. The summed E-state index contributed by atoms with van der Waals surface area (Å²) in [7, 11) is 0. The standard InChI is InChI=1S/C19H32O6/c1-10(7-17(21)22)6-16-19(24)18(23)14(9-25-16)8-13-4-5-15(13)11(2)12(3)20/h7,11-16,18-20,23-24H,4-6,8-9H2,1-3H3,(H,21,22)/b10-7+/t11-,12-,13-,14-,15-,16-,18+,19-/m0/s1. The lowest BCUT2D eigenvalue weighted by Crippen LogP contribution is -2.51. The molecule has 0 aromatic rings. The lowest BCUT2D eigenvalue weighted by atomic mass is 9.63. The van der Waals surface area contributed by atoms with Crippen molar-refractivity contribution in [2.45, 2.75) is 70.9 Å². The fourth-order valence-corrected chi connectivity index (χ4v) is 4.24. The number of aliphatic hydroxyl groups excluding tert-OH is 3. The van der Waals surface area contributed by atoms with Crippen LogP contribution < -0.4 is 0 Å². The molecule has 144 valence electrons. The summed E-state index contributed by atoms with van der Waals surface area (Å²) in [6.45, 7) is 5.94. The summed E-state index contributed by atoms with van der Waals surface area (Å²) in [5.41, 5.74) is 0.604. The summed E-state index contributed by atoms with van der Waals surface area (Å²) < 4.78 is 5.74. The molecule has 0 unspecified atom stereocenters. The molecule has 0 bridgehead atoms. The molecule has 0 spiro atoms. The molecule has 6 nitrogen and oxygen atoms in total. The molecule has 0 amide bonds. The summed E-state index contributed by atoms with van der Waals surface area (Å²) >= 11 is 0. The molecule has 25 heavy (non-hydrogen) atoms. The summed E-state index contributed by atoms with van der Waals surface area (Å²) in [5, 5.41) is 39.4. The van der Waals surface area contributed by atoms with Crippen LogP contribution >= 0.6 is 0 Å². The van der Waals surface area contributed by atoms with Gasteiger partial charge in [-0.2, -0.15) is 0 Å². The van der Waals surface area contributed by atoms with Crippen molar-refractivity contribution in [1.82, 2.24) is 0 Å². The highest BCUT2D eigenvalue weighted by Gasteiger charge is 2.43. The van der Waals surface area contributed by atoms with Crippen molar-refractivity contribution in [2.24, 2.45) is 23.7 Å². The first-order valence-electron chi connectivity index (χ1n) is 9.26. The zero-order chi connectivity index (χ0) is 18.7. The molecule has 1 saturated carbocycles. The fraction of sp³-hybridized carbons (Fsp3) is 0.842. The van der Waals surface area contributed by atoms with E-state index < -0.39 is 24.3 Å². The van der Waals surface area contributed by atoms with E-state index in [2.05, 4.69) is 6.92 Å². The topological polar surface area (TPSA) is 107 Å². The van der Waals surface area contributed by atoms with E-state index in [0.29, 0.717) is 30.4 Å². The molecule has 1 aliphatic heterocycles. The highest BCUT2D eigenvalue weighted by Crippen LogP contribution is 2.45. The largest absolute Gasteiger partial charge is 0.478 e. The molecular weight excluding hydrogens is 324 g/mol. The molecule has 0 aromatic heterocycles. The lowest BCUT2D eigenvalue weighted by Gasteiger charge is -2.46. The molecule has 1 heterocycles. The second kappa shape index (κ2) is 8.62. The monoisotopic (exact) mass is 356 g/mol. The van der Waals surface area contributed by atoms with Gasteiger partial charge in [-0.05, 0) is 57.3 Å². The number of ether oxygens (including phenoxy) is 1. The fourth-order valence-electron chi connectivity index (χ4n) is 4.24. The third-order valence-electron chi connectivity index (χ3n) is 6.15. The van der Waals surface area contributed by atoms with Crippen molar-refractivity contribution in [2.75, 3.05) is 6.61 Å². The van der Waals surface area contributed by atoms with Gasteiger partial charge in [-0.1, -0.05) is 12.5 Å². The zero-order valence-corrected chi connectivity index (χ0v) is 15.3. The van der Waals surface area contributed by atoms with Crippen LogP contribution in [0, 0.1) is 23.7 Å². The van der Waals surface area contributed by atoms with E-state index in [4.69, 9.17) is 9.84 Å². The summed E-state index contributed by atoms with van der Waals surface area (Å²) in [6.07, 6.45) is 1.59. The number of rotatable bonds is 7. The van der Waals surface area contributed by atoms with Gasteiger partial charge in [0.1, 0.15) is 6.10 Å². The minimum atomic E-state index is -1.02. The first kappa shape index (κ1) is 20.4.